The van der Waals surface area contributed by atoms with E-state index in [2.05, 4.69) is 10.6 Å². The van der Waals surface area contributed by atoms with Crippen molar-refractivity contribution in [2.75, 3.05) is 0 Å². The van der Waals surface area contributed by atoms with Gasteiger partial charge >= 0.3 is 0 Å². The maximum absolute atomic E-state index is 11.9. The van der Waals surface area contributed by atoms with Crippen molar-refractivity contribution in [3.63, 3.8) is 0 Å². The first-order chi connectivity index (χ1) is 10.6. The average molecular weight is 303 g/mol. The van der Waals surface area contributed by atoms with Crippen molar-refractivity contribution in [1.82, 2.24) is 10.6 Å². The van der Waals surface area contributed by atoms with Crippen LogP contribution in [0.5, 0.6) is 0 Å². The summed E-state index contributed by atoms with van der Waals surface area (Å²) in [6.07, 6.45) is 1.55. The lowest BCUT2D eigenvalue weighted by Gasteiger charge is -2.13. The Balaban J connectivity index is 1.77. The highest BCUT2D eigenvalue weighted by Gasteiger charge is 2.12. The largest absolute Gasteiger partial charge is 0.467 e. The van der Waals surface area contributed by atoms with Crippen LogP contribution in [0.15, 0.2) is 47.1 Å². The molecule has 0 saturated heterocycles. The topological polar surface area (TPSA) is 97.4 Å². The Labute approximate surface area is 127 Å². The summed E-state index contributed by atoms with van der Waals surface area (Å²) in [6.45, 7) is 2.55. The van der Waals surface area contributed by atoms with Gasteiger partial charge in [-0.1, -0.05) is 12.1 Å². The number of nitro groups is 1. The van der Waals surface area contributed by atoms with E-state index in [9.17, 15) is 14.9 Å². The van der Waals surface area contributed by atoms with E-state index in [4.69, 9.17) is 4.42 Å². The molecule has 22 heavy (non-hydrogen) atoms. The number of hydrogen-bond donors (Lipinski definition) is 2. The van der Waals surface area contributed by atoms with Crippen LogP contribution >= 0.6 is 0 Å². The fourth-order valence-electron chi connectivity index (χ4n) is 1.84. The van der Waals surface area contributed by atoms with E-state index in [1.807, 2.05) is 0 Å². The van der Waals surface area contributed by atoms with E-state index in [-0.39, 0.29) is 17.6 Å². The van der Waals surface area contributed by atoms with Gasteiger partial charge in [0.2, 0.25) is 5.91 Å². The quantitative estimate of drug-likeness (QED) is 0.602. The minimum Gasteiger partial charge on any atom is -0.467 e. The van der Waals surface area contributed by atoms with Crippen LogP contribution in [-0.4, -0.2) is 16.9 Å². The molecule has 0 aliphatic carbocycles. The van der Waals surface area contributed by atoms with E-state index >= 15 is 0 Å². The Kier molecular flexibility index (Phi) is 5.26. The second kappa shape index (κ2) is 7.37. The van der Waals surface area contributed by atoms with E-state index in [0.29, 0.717) is 18.8 Å². The first-order valence-electron chi connectivity index (χ1n) is 6.83. The molecule has 0 fully saturated rings. The molecule has 2 aromatic rings. The van der Waals surface area contributed by atoms with Gasteiger partial charge in [0.05, 0.1) is 23.8 Å². The molecule has 0 saturated carbocycles. The van der Waals surface area contributed by atoms with Crippen molar-refractivity contribution in [3.05, 3.63) is 64.1 Å². The Morgan fingerprint density at radius 2 is 2.00 bits per heavy atom. The molecule has 7 nitrogen and oxygen atoms in total. The van der Waals surface area contributed by atoms with Gasteiger partial charge < -0.3 is 15.1 Å². The summed E-state index contributed by atoms with van der Waals surface area (Å²) in [5, 5.41) is 16.4. The van der Waals surface area contributed by atoms with Gasteiger partial charge in [0.25, 0.3) is 5.69 Å². The molecule has 1 atom stereocenters. The highest BCUT2D eigenvalue weighted by Crippen LogP contribution is 2.11. The van der Waals surface area contributed by atoms with Crippen LogP contribution in [0.3, 0.4) is 0 Å². The van der Waals surface area contributed by atoms with Crippen molar-refractivity contribution >= 4 is 11.6 Å². The number of hydrogen-bond acceptors (Lipinski definition) is 5. The number of nitrogens with zero attached hydrogens (tertiary/aromatic N) is 1. The molecule has 0 spiro atoms. The monoisotopic (exact) mass is 303 g/mol. The first-order valence-corrected chi connectivity index (χ1v) is 6.83. The minimum absolute atomic E-state index is 0.0491. The van der Waals surface area contributed by atoms with Gasteiger partial charge in [-0.25, -0.2) is 0 Å². The number of nitrogens with one attached hydrogen (secondary N) is 2. The molecule has 0 aliphatic rings. The third-order valence-corrected chi connectivity index (χ3v) is 3.17. The lowest BCUT2D eigenvalue weighted by molar-refractivity contribution is -0.384. The molecule has 0 aliphatic heterocycles. The Bertz CT molecular complexity index is 623. The lowest BCUT2D eigenvalue weighted by Crippen LogP contribution is -2.41. The molecule has 1 unspecified atom stereocenters. The fourth-order valence-corrected chi connectivity index (χ4v) is 1.84. The highest BCUT2D eigenvalue weighted by molar-refractivity contribution is 5.81. The summed E-state index contributed by atoms with van der Waals surface area (Å²) in [5.41, 5.74) is 0.921. The van der Waals surface area contributed by atoms with E-state index in [0.717, 1.165) is 5.56 Å². The van der Waals surface area contributed by atoms with Crippen LogP contribution in [0.4, 0.5) is 5.69 Å². The van der Waals surface area contributed by atoms with Gasteiger partial charge in [-0.2, -0.15) is 0 Å². The molecule has 7 heteroatoms. The summed E-state index contributed by atoms with van der Waals surface area (Å²) >= 11 is 0. The van der Waals surface area contributed by atoms with Crippen molar-refractivity contribution in [2.45, 2.75) is 26.1 Å². The number of carbonyl (C=O) groups excluding carboxylic acids is 1. The molecule has 1 heterocycles. The number of benzene rings is 1. The van der Waals surface area contributed by atoms with Crippen LogP contribution in [0.1, 0.15) is 18.2 Å². The lowest BCUT2D eigenvalue weighted by atomic mass is 10.2. The maximum Gasteiger partial charge on any atom is 0.269 e. The van der Waals surface area contributed by atoms with Gasteiger partial charge in [0, 0.05) is 18.7 Å². The first kappa shape index (κ1) is 15.7. The molecular weight excluding hydrogens is 286 g/mol. The minimum atomic E-state index is -0.443. The van der Waals surface area contributed by atoms with Gasteiger partial charge in [-0.15, -0.1) is 0 Å². The molecule has 1 aromatic carbocycles. The van der Waals surface area contributed by atoms with E-state index < -0.39 is 4.92 Å². The normalized spacial score (nSPS) is 11.9. The summed E-state index contributed by atoms with van der Waals surface area (Å²) in [7, 11) is 0. The van der Waals surface area contributed by atoms with Crippen LogP contribution in [0, 0.1) is 10.1 Å². The van der Waals surface area contributed by atoms with E-state index in [1.165, 1.54) is 12.1 Å². The average Bonchev–Trinajstić information content (AvgIpc) is 3.04. The van der Waals surface area contributed by atoms with Crippen LogP contribution < -0.4 is 10.6 Å². The third kappa shape index (κ3) is 4.42. The second-order valence-electron chi connectivity index (χ2n) is 4.82. The Morgan fingerprint density at radius 1 is 1.27 bits per heavy atom. The summed E-state index contributed by atoms with van der Waals surface area (Å²) in [6, 6.07) is 9.38. The molecule has 116 valence electrons. The van der Waals surface area contributed by atoms with Crippen LogP contribution in [0.25, 0.3) is 0 Å². The van der Waals surface area contributed by atoms with Gasteiger partial charge in [-0.05, 0) is 24.6 Å². The molecular formula is C15H17N3O4. The Morgan fingerprint density at radius 3 is 2.59 bits per heavy atom. The maximum atomic E-state index is 11.9. The summed E-state index contributed by atoms with van der Waals surface area (Å²) in [5.74, 6) is 0.550. The number of amides is 1. The third-order valence-electron chi connectivity index (χ3n) is 3.17. The predicted octanol–water partition coefficient (Wildman–Crippen LogP) is 1.98. The van der Waals surface area contributed by atoms with Crippen molar-refractivity contribution in [2.24, 2.45) is 0 Å². The molecule has 2 rings (SSSR count). The Hall–Kier alpha value is -2.67. The fraction of sp³-hybridized carbons (Fsp3) is 0.267. The summed E-state index contributed by atoms with van der Waals surface area (Å²) in [4.78, 5) is 22.0. The second-order valence-corrected chi connectivity index (χ2v) is 4.82. The smallest absolute Gasteiger partial charge is 0.269 e. The van der Waals surface area contributed by atoms with Crippen LogP contribution in [0.2, 0.25) is 0 Å². The van der Waals surface area contributed by atoms with Gasteiger partial charge in [0.15, 0.2) is 0 Å². The SMILES string of the molecule is CC(NCc1ccc([N+](=O)[O-])cc1)C(=O)NCc1ccco1. The van der Waals surface area contributed by atoms with Crippen molar-refractivity contribution in [3.8, 4) is 0 Å². The molecule has 0 bridgehead atoms. The zero-order valence-corrected chi connectivity index (χ0v) is 12.1. The van der Waals surface area contributed by atoms with Crippen molar-refractivity contribution < 1.29 is 14.1 Å². The number of non-ortho nitro benzene ring substituents is 1. The van der Waals surface area contributed by atoms with Crippen molar-refractivity contribution in [1.29, 1.82) is 0 Å². The molecule has 1 aromatic heterocycles. The highest BCUT2D eigenvalue weighted by atomic mass is 16.6. The number of nitro benzene ring substituents is 1. The van der Waals surface area contributed by atoms with E-state index in [1.54, 1.807) is 37.5 Å². The van der Waals surface area contributed by atoms with Gasteiger partial charge in [-0.3, -0.25) is 14.9 Å². The number of rotatable bonds is 7. The number of carbonyl (C=O) groups is 1. The van der Waals surface area contributed by atoms with Gasteiger partial charge in [0.1, 0.15) is 5.76 Å². The zero-order valence-electron chi connectivity index (χ0n) is 12.1. The number of furan rings is 1. The molecule has 0 radical (unpaired) electrons. The molecule has 2 N–H and O–H groups in total. The predicted molar refractivity (Wildman–Crippen MR) is 80.0 cm³/mol. The molecule has 1 amide bonds. The zero-order chi connectivity index (χ0) is 15.9. The van der Waals surface area contributed by atoms with Crippen LogP contribution in [-0.2, 0) is 17.9 Å². The summed E-state index contributed by atoms with van der Waals surface area (Å²) < 4.78 is 5.13. The standard InChI is InChI=1S/C15H17N3O4/c1-11(15(19)17-10-14-3-2-8-22-14)16-9-12-4-6-13(7-5-12)18(20)21/h2-8,11,16H,9-10H2,1H3,(H,17,19).